The topological polar surface area (TPSA) is 42.3 Å². The van der Waals surface area contributed by atoms with Gasteiger partial charge in [0, 0.05) is 40.3 Å². The third kappa shape index (κ3) is 3.42. The normalized spacial score (nSPS) is 23.4. The molecule has 2 heterocycles. The molecule has 0 unspecified atom stereocenters. The van der Waals surface area contributed by atoms with E-state index in [2.05, 4.69) is 29.8 Å². The molecule has 4 nitrogen and oxygen atoms in total. The number of thioether (sulfide) groups is 1. The third-order valence-corrected chi connectivity index (χ3v) is 5.26. The van der Waals surface area contributed by atoms with Crippen molar-refractivity contribution in [2.24, 2.45) is 0 Å². The summed E-state index contributed by atoms with van der Waals surface area (Å²) < 4.78 is 2.25. The van der Waals surface area contributed by atoms with Crippen molar-refractivity contribution in [3.05, 3.63) is 33.2 Å². The molecule has 1 amide bonds. The van der Waals surface area contributed by atoms with Crippen molar-refractivity contribution in [1.82, 2.24) is 9.47 Å². The first kappa shape index (κ1) is 14.7. The van der Waals surface area contributed by atoms with Gasteiger partial charge in [0.15, 0.2) is 0 Å². The summed E-state index contributed by atoms with van der Waals surface area (Å²) in [4.78, 5) is 25.9. The predicted molar refractivity (Wildman–Crippen MR) is 81.5 cm³/mol. The Morgan fingerprint density at radius 3 is 2.95 bits per heavy atom. The number of pyridine rings is 1. The second-order valence-corrected chi connectivity index (χ2v) is 7.12. The second kappa shape index (κ2) is 6.13. The average molecular weight is 345 g/mol. The zero-order chi connectivity index (χ0) is 14.0. The van der Waals surface area contributed by atoms with Gasteiger partial charge in [0.25, 0.3) is 5.56 Å². The van der Waals surface area contributed by atoms with Crippen molar-refractivity contribution in [2.45, 2.75) is 31.7 Å². The summed E-state index contributed by atoms with van der Waals surface area (Å²) >= 11 is 5.21. The molecule has 0 spiro atoms. The third-order valence-electron chi connectivity index (χ3n) is 3.46. The van der Waals surface area contributed by atoms with E-state index in [0.29, 0.717) is 5.25 Å². The van der Waals surface area contributed by atoms with Gasteiger partial charge in [-0.2, -0.15) is 11.8 Å². The van der Waals surface area contributed by atoms with Crippen LogP contribution in [0.2, 0.25) is 0 Å². The largest absolute Gasteiger partial charge is 0.337 e. The molecule has 0 bridgehead atoms. The molecular weight excluding hydrogens is 328 g/mol. The van der Waals surface area contributed by atoms with Gasteiger partial charge in [0.1, 0.15) is 6.54 Å². The van der Waals surface area contributed by atoms with E-state index in [0.717, 1.165) is 16.8 Å². The van der Waals surface area contributed by atoms with E-state index in [1.54, 1.807) is 12.3 Å². The zero-order valence-corrected chi connectivity index (χ0v) is 13.4. The summed E-state index contributed by atoms with van der Waals surface area (Å²) in [5.74, 6) is 0.977. The van der Waals surface area contributed by atoms with Crippen LogP contribution in [0, 0.1) is 0 Å². The fourth-order valence-electron chi connectivity index (χ4n) is 2.15. The van der Waals surface area contributed by atoms with Crippen LogP contribution in [-0.4, -0.2) is 39.0 Å². The van der Waals surface area contributed by atoms with Gasteiger partial charge in [0.05, 0.1) is 0 Å². The molecule has 0 N–H and O–H groups in total. The second-order valence-electron chi connectivity index (χ2n) is 4.72. The minimum atomic E-state index is -0.149. The van der Waals surface area contributed by atoms with E-state index in [-0.39, 0.29) is 24.1 Å². The SMILES string of the molecule is C[C@@H]1[C@@H](C)SCCN1C(=O)Cn1cc(Br)ccc1=O. The number of nitrogens with zero attached hydrogens (tertiary/aromatic N) is 2. The molecule has 0 aliphatic carbocycles. The number of carbonyl (C=O) groups excluding carboxylic acids is 1. The highest BCUT2D eigenvalue weighted by atomic mass is 79.9. The van der Waals surface area contributed by atoms with Crippen LogP contribution in [0.4, 0.5) is 0 Å². The van der Waals surface area contributed by atoms with E-state index < -0.39 is 0 Å². The Morgan fingerprint density at radius 1 is 1.47 bits per heavy atom. The minimum absolute atomic E-state index is 0.0138. The highest BCUT2D eigenvalue weighted by Gasteiger charge is 2.28. The molecule has 1 fully saturated rings. The Hall–Kier alpha value is -0.750. The number of carbonyl (C=O) groups is 1. The summed E-state index contributed by atoms with van der Waals surface area (Å²) in [7, 11) is 0. The molecule has 1 aliphatic heterocycles. The average Bonchev–Trinajstić information content (AvgIpc) is 2.37. The molecule has 2 rings (SSSR count). The first-order valence-electron chi connectivity index (χ1n) is 6.26. The molecule has 104 valence electrons. The van der Waals surface area contributed by atoms with Gasteiger partial charge in [0.2, 0.25) is 5.91 Å². The number of halogens is 1. The zero-order valence-electron chi connectivity index (χ0n) is 11.0. The summed E-state index contributed by atoms with van der Waals surface area (Å²) in [6, 6.07) is 3.37. The van der Waals surface area contributed by atoms with Crippen molar-refractivity contribution >= 4 is 33.6 Å². The van der Waals surface area contributed by atoms with Crippen LogP contribution in [0.15, 0.2) is 27.6 Å². The van der Waals surface area contributed by atoms with Gasteiger partial charge < -0.3 is 9.47 Å². The highest BCUT2D eigenvalue weighted by Crippen LogP contribution is 2.24. The Kier molecular flexibility index (Phi) is 4.73. The lowest BCUT2D eigenvalue weighted by atomic mass is 10.2. The van der Waals surface area contributed by atoms with Gasteiger partial charge in [-0.15, -0.1) is 0 Å². The van der Waals surface area contributed by atoms with Gasteiger partial charge in [-0.25, -0.2) is 0 Å². The standard InChI is InChI=1S/C13H17BrN2O2S/c1-9-10(2)19-6-5-16(9)13(18)8-15-7-11(14)3-4-12(15)17/h3-4,7,9-10H,5-6,8H2,1-2H3/t9-,10-/m1/s1. The van der Waals surface area contributed by atoms with E-state index in [4.69, 9.17) is 0 Å². The van der Waals surface area contributed by atoms with Crippen molar-refractivity contribution in [2.75, 3.05) is 12.3 Å². The fourth-order valence-corrected chi connectivity index (χ4v) is 3.63. The fraction of sp³-hybridized carbons (Fsp3) is 0.538. The molecule has 0 radical (unpaired) electrons. The quantitative estimate of drug-likeness (QED) is 0.823. The molecule has 2 atom stereocenters. The van der Waals surface area contributed by atoms with Crippen LogP contribution >= 0.6 is 27.7 Å². The van der Waals surface area contributed by atoms with Crippen LogP contribution in [0.1, 0.15) is 13.8 Å². The highest BCUT2D eigenvalue weighted by molar-refractivity contribution is 9.10. The van der Waals surface area contributed by atoms with Crippen LogP contribution in [0.3, 0.4) is 0 Å². The number of amides is 1. The Morgan fingerprint density at radius 2 is 2.21 bits per heavy atom. The Bertz CT molecular complexity index is 532. The first-order chi connectivity index (χ1) is 8.99. The van der Waals surface area contributed by atoms with Crippen LogP contribution < -0.4 is 5.56 Å². The van der Waals surface area contributed by atoms with E-state index >= 15 is 0 Å². The van der Waals surface area contributed by atoms with E-state index in [1.165, 1.54) is 10.6 Å². The van der Waals surface area contributed by atoms with Gasteiger partial charge in [-0.3, -0.25) is 9.59 Å². The summed E-state index contributed by atoms with van der Waals surface area (Å²) in [6.45, 7) is 5.08. The van der Waals surface area contributed by atoms with Gasteiger partial charge >= 0.3 is 0 Å². The maximum absolute atomic E-state index is 12.3. The molecule has 19 heavy (non-hydrogen) atoms. The van der Waals surface area contributed by atoms with Crippen LogP contribution in [0.5, 0.6) is 0 Å². The number of aromatic nitrogens is 1. The van der Waals surface area contributed by atoms with E-state index in [1.807, 2.05) is 16.7 Å². The van der Waals surface area contributed by atoms with Crippen molar-refractivity contribution in [3.63, 3.8) is 0 Å². The predicted octanol–water partition coefficient (Wildman–Crippen LogP) is 1.96. The molecule has 1 saturated heterocycles. The summed E-state index contributed by atoms with van der Waals surface area (Å²) in [5, 5.41) is 0.442. The van der Waals surface area contributed by atoms with Gasteiger partial charge in [-0.1, -0.05) is 6.92 Å². The van der Waals surface area contributed by atoms with Gasteiger partial charge in [-0.05, 0) is 28.9 Å². The van der Waals surface area contributed by atoms with Crippen LogP contribution in [0.25, 0.3) is 0 Å². The first-order valence-corrected chi connectivity index (χ1v) is 8.10. The maximum Gasteiger partial charge on any atom is 0.251 e. The molecule has 1 aromatic heterocycles. The monoisotopic (exact) mass is 344 g/mol. The maximum atomic E-state index is 12.3. The molecule has 0 saturated carbocycles. The van der Waals surface area contributed by atoms with Crippen molar-refractivity contribution in [1.29, 1.82) is 0 Å². The van der Waals surface area contributed by atoms with Crippen molar-refractivity contribution in [3.8, 4) is 0 Å². The lowest BCUT2D eigenvalue weighted by molar-refractivity contribution is -0.133. The molecule has 6 heteroatoms. The van der Waals surface area contributed by atoms with Crippen LogP contribution in [-0.2, 0) is 11.3 Å². The minimum Gasteiger partial charge on any atom is -0.337 e. The Labute approximate surface area is 125 Å². The Balaban J connectivity index is 2.12. The molecular formula is C13H17BrN2O2S. The lowest BCUT2D eigenvalue weighted by Crippen LogP contribution is -2.49. The molecule has 1 aliphatic rings. The lowest BCUT2D eigenvalue weighted by Gasteiger charge is -2.37. The number of hydrogen-bond acceptors (Lipinski definition) is 3. The number of rotatable bonds is 2. The molecule has 0 aromatic carbocycles. The summed E-state index contributed by atoms with van der Waals surface area (Å²) in [5.41, 5.74) is -0.149. The molecule has 1 aromatic rings. The van der Waals surface area contributed by atoms with Crippen molar-refractivity contribution < 1.29 is 4.79 Å². The summed E-state index contributed by atoms with van der Waals surface area (Å²) in [6.07, 6.45) is 1.66. The van der Waals surface area contributed by atoms with E-state index in [9.17, 15) is 9.59 Å². The number of hydrogen-bond donors (Lipinski definition) is 0. The smallest absolute Gasteiger partial charge is 0.251 e.